The van der Waals surface area contributed by atoms with Gasteiger partial charge in [0.1, 0.15) is 0 Å². The second kappa shape index (κ2) is 5.03. The first-order valence-electron chi connectivity index (χ1n) is 6.99. The summed E-state index contributed by atoms with van der Waals surface area (Å²) in [5, 5.41) is 3.61. The van der Waals surface area contributed by atoms with Gasteiger partial charge in [-0.1, -0.05) is 0 Å². The Hall–Kier alpha value is -0.120. The van der Waals surface area contributed by atoms with E-state index in [4.69, 9.17) is 4.74 Å². The predicted octanol–water partition coefficient (Wildman–Crippen LogP) is 1.24. The molecule has 0 aromatic rings. The summed E-state index contributed by atoms with van der Waals surface area (Å²) in [7, 11) is 0. The highest BCUT2D eigenvalue weighted by Gasteiger charge is 2.35. The molecule has 0 saturated carbocycles. The van der Waals surface area contributed by atoms with E-state index in [0.717, 1.165) is 18.6 Å². The Morgan fingerprint density at radius 2 is 2.25 bits per heavy atom. The fourth-order valence-corrected chi connectivity index (χ4v) is 3.54. The molecule has 3 heterocycles. The third-order valence-electron chi connectivity index (χ3n) is 4.46. The second-order valence-electron chi connectivity index (χ2n) is 5.65. The molecular formula is C13H24N2O. The molecule has 92 valence electrons. The molecule has 1 unspecified atom stereocenters. The van der Waals surface area contributed by atoms with Crippen molar-refractivity contribution in [1.29, 1.82) is 0 Å². The van der Waals surface area contributed by atoms with Crippen molar-refractivity contribution in [3.63, 3.8) is 0 Å². The van der Waals surface area contributed by atoms with E-state index >= 15 is 0 Å². The van der Waals surface area contributed by atoms with E-state index in [2.05, 4.69) is 10.2 Å². The topological polar surface area (TPSA) is 24.5 Å². The molecule has 0 amide bonds. The summed E-state index contributed by atoms with van der Waals surface area (Å²) in [4.78, 5) is 2.65. The number of hydrogen-bond acceptors (Lipinski definition) is 3. The normalized spacial score (nSPS) is 39.4. The molecule has 0 bridgehead atoms. The first kappa shape index (κ1) is 11.0. The lowest BCUT2D eigenvalue weighted by Crippen LogP contribution is -2.30. The molecule has 3 fully saturated rings. The van der Waals surface area contributed by atoms with E-state index in [-0.39, 0.29) is 0 Å². The Bertz CT molecular complexity index is 216. The van der Waals surface area contributed by atoms with E-state index < -0.39 is 0 Å². The van der Waals surface area contributed by atoms with Gasteiger partial charge in [-0.15, -0.1) is 0 Å². The molecule has 0 spiro atoms. The van der Waals surface area contributed by atoms with Gasteiger partial charge in [-0.05, 0) is 51.1 Å². The Morgan fingerprint density at radius 1 is 1.25 bits per heavy atom. The fraction of sp³-hybridized carbons (Fsp3) is 1.00. The van der Waals surface area contributed by atoms with Crippen LogP contribution in [0.2, 0.25) is 0 Å². The summed E-state index contributed by atoms with van der Waals surface area (Å²) in [5.41, 5.74) is 0. The van der Waals surface area contributed by atoms with Crippen LogP contribution in [0.5, 0.6) is 0 Å². The Labute approximate surface area is 98.5 Å². The maximum absolute atomic E-state index is 5.66. The Morgan fingerprint density at radius 3 is 3.06 bits per heavy atom. The highest BCUT2D eigenvalue weighted by molar-refractivity contribution is 4.93. The van der Waals surface area contributed by atoms with Crippen LogP contribution in [0.1, 0.15) is 32.1 Å². The fourth-order valence-electron chi connectivity index (χ4n) is 3.54. The third-order valence-corrected chi connectivity index (χ3v) is 4.46. The zero-order valence-corrected chi connectivity index (χ0v) is 10.2. The summed E-state index contributed by atoms with van der Waals surface area (Å²) < 4.78 is 5.66. The van der Waals surface area contributed by atoms with Gasteiger partial charge in [0.05, 0.1) is 6.10 Å². The molecule has 3 aliphatic rings. The number of likely N-dealkylation sites (tertiary alicyclic amines) is 1. The zero-order valence-electron chi connectivity index (χ0n) is 10.2. The predicted molar refractivity (Wildman–Crippen MR) is 64.5 cm³/mol. The third kappa shape index (κ3) is 2.41. The zero-order chi connectivity index (χ0) is 10.8. The van der Waals surface area contributed by atoms with Gasteiger partial charge in [0.15, 0.2) is 0 Å². The monoisotopic (exact) mass is 224 g/mol. The molecular weight excluding hydrogens is 200 g/mol. The molecule has 3 atom stereocenters. The van der Waals surface area contributed by atoms with Gasteiger partial charge < -0.3 is 15.0 Å². The number of fused-ring (bicyclic) bond motifs is 1. The van der Waals surface area contributed by atoms with Crippen molar-refractivity contribution in [1.82, 2.24) is 10.2 Å². The smallest absolute Gasteiger partial charge is 0.0576 e. The summed E-state index contributed by atoms with van der Waals surface area (Å²) in [6.45, 7) is 6.16. The molecule has 3 nitrogen and oxygen atoms in total. The minimum atomic E-state index is 0.584. The molecule has 3 heteroatoms. The second-order valence-corrected chi connectivity index (χ2v) is 5.65. The van der Waals surface area contributed by atoms with Gasteiger partial charge >= 0.3 is 0 Å². The molecule has 0 aromatic carbocycles. The number of hydrogen-bond donors (Lipinski definition) is 1. The van der Waals surface area contributed by atoms with Crippen LogP contribution >= 0.6 is 0 Å². The van der Waals surface area contributed by atoms with E-state index in [1.165, 1.54) is 58.3 Å². The van der Waals surface area contributed by atoms with Gasteiger partial charge in [-0.3, -0.25) is 0 Å². The first-order valence-corrected chi connectivity index (χ1v) is 6.99. The van der Waals surface area contributed by atoms with Gasteiger partial charge in [0.2, 0.25) is 0 Å². The minimum absolute atomic E-state index is 0.584. The molecule has 1 N–H and O–H groups in total. The van der Waals surface area contributed by atoms with Crippen LogP contribution in [0, 0.1) is 5.92 Å². The van der Waals surface area contributed by atoms with E-state index in [0.29, 0.717) is 6.10 Å². The van der Waals surface area contributed by atoms with Crippen molar-refractivity contribution in [3.8, 4) is 0 Å². The van der Waals surface area contributed by atoms with Crippen molar-refractivity contribution < 1.29 is 4.74 Å². The molecule has 3 rings (SSSR count). The van der Waals surface area contributed by atoms with Crippen LogP contribution < -0.4 is 5.32 Å². The lowest BCUT2D eigenvalue weighted by molar-refractivity contribution is 0.0994. The van der Waals surface area contributed by atoms with Crippen molar-refractivity contribution >= 4 is 0 Å². The Balaban J connectivity index is 1.33. The van der Waals surface area contributed by atoms with Crippen molar-refractivity contribution in [2.24, 2.45) is 5.92 Å². The molecule has 0 aliphatic carbocycles. The van der Waals surface area contributed by atoms with Gasteiger partial charge in [-0.2, -0.15) is 0 Å². The van der Waals surface area contributed by atoms with E-state index in [1.807, 2.05) is 0 Å². The summed E-state index contributed by atoms with van der Waals surface area (Å²) >= 11 is 0. The summed E-state index contributed by atoms with van der Waals surface area (Å²) in [6.07, 6.45) is 7.16. The quantitative estimate of drug-likeness (QED) is 0.777. The summed E-state index contributed by atoms with van der Waals surface area (Å²) in [5.74, 6) is 0.947. The van der Waals surface area contributed by atoms with Crippen LogP contribution in [0.15, 0.2) is 0 Å². The van der Waals surface area contributed by atoms with Crippen LogP contribution in [-0.4, -0.2) is 49.8 Å². The van der Waals surface area contributed by atoms with Gasteiger partial charge in [0, 0.05) is 25.7 Å². The van der Waals surface area contributed by atoms with Crippen LogP contribution in [0.25, 0.3) is 0 Å². The highest BCUT2D eigenvalue weighted by atomic mass is 16.5. The van der Waals surface area contributed by atoms with Crippen LogP contribution in [0.4, 0.5) is 0 Å². The number of rotatable bonds is 4. The molecule has 16 heavy (non-hydrogen) atoms. The lowest BCUT2D eigenvalue weighted by Gasteiger charge is -2.17. The maximum Gasteiger partial charge on any atom is 0.0576 e. The minimum Gasteiger partial charge on any atom is -0.378 e. The molecule has 3 aliphatic heterocycles. The van der Waals surface area contributed by atoms with Crippen LogP contribution in [-0.2, 0) is 4.74 Å². The average molecular weight is 224 g/mol. The first-order chi connectivity index (χ1) is 7.92. The van der Waals surface area contributed by atoms with Crippen molar-refractivity contribution in [2.45, 2.75) is 44.2 Å². The van der Waals surface area contributed by atoms with Crippen LogP contribution in [0.3, 0.4) is 0 Å². The largest absolute Gasteiger partial charge is 0.378 e. The SMILES string of the molecule is C1COC(CCCN2C[C@@H]3CCN[C@@H]3C2)C1. The molecule has 0 radical (unpaired) electrons. The molecule has 3 saturated heterocycles. The number of nitrogens with one attached hydrogen (secondary N) is 1. The number of ether oxygens (including phenoxy) is 1. The highest BCUT2D eigenvalue weighted by Crippen LogP contribution is 2.25. The maximum atomic E-state index is 5.66. The Kier molecular flexibility index (Phi) is 3.46. The number of nitrogens with zero attached hydrogens (tertiary/aromatic N) is 1. The van der Waals surface area contributed by atoms with Crippen molar-refractivity contribution in [2.75, 3.05) is 32.8 Å². The van der Waals surface area contributed by atoms with E-state index in [1.54, 1.807) is 0 Å². The summed E-state index contributed by atoms with van der Waals surface area (Å²) in [6, 6.07) is 0.808. The lowest BCUT2D eigenvalue weighted by atomic mass is 10.1. The average Bonchev–Trinajstić information content (AvgIpc) is 2.91. The standard InChI is InChI=1S/C13H24N2O/c1(3-12-4-2-8-16-12)7-15-9-11-5-6-14-13(11)10-15/h11-14H,1-10H2/t11-,12?,13+/m0/s1. The molecule has 0 aromatic heterocycles. The van der Waals surface area contributed by atoms with Gasteiger partial charge in [0.25, 0.3) is 0 Å². The van der Waals surface area contributed by atoms with Crippen molar-refractivity contribution in [3.05, 3.63) is 0 Å². The van der Waals surface area contributed by atoms with E-state index in [9.17, 15) is 0 Å². The van der Waals surface area contributed by atoms with Gasteiger partial charge in [-0.25, -0.2) is 0 Å².